The van der Waals surface area contributed by atoms with Crippen LogP contribution in [0.3, 0.4) is 0 Å². The minimum Gasteiger partial charge on any atom is -0.387 e. The summed E-state index contributed by atoms with van der Waals surface area (Å²) in [5.74, 6) is -0.336. The van der Waals surface area contributed by atoms with E-state index in [0.717, 1.165) is 31.2 Å². The summed E-state index contributed by atoms with van der Waals surface area (Å²) >= 11 is 11.9. The average Bonchev–Trinajstić information content (AvgIpc) is 2.94. The number of rotatable bonds is 4. The summed E-state index contributed by atoms with van der Waals surface area (Å²) < 4.78 is 11.4. The summed E-state index contributed by atoms with van der Waals surface area (Å²) in [4.78, 5) is 0. The minimum atomic E-state index is -0.619. The van der Waals surface area contributed by atoms with Gasteiger partial charge in [0.05, 0.1) is 19.3 Å². The molecule has 122 valence electrons. The summed E-state index contributed by atoms with van der Waals surface area (Å²) in [6, 6.07) is 5.53. The molecule has 2 aliphatic rings. The largest absolute Gasteiger partial charge is 0.387 e. The summed E-state index contributed by atoms with van der Waals surface area (Å²) in [6.45, 7) is 1.88. The van der Waals surface area contributed by atoms with Crippen molar-refractivity contribution in [2.45, 2.75) is 43.6 Å². The molecule has 0 amide bonds. The van der Waals surface area contributed by atoms with Gasteiger partial charge in [-0.25, -0.2) is 0 Å². The lowest BCUT2D eigenvalue weighted by molar-refractivity contribution is -0.179. The third-order valence-corrected chi connectivity index (χ3v) is 4.87. The molecule has 22 heavy (non-hydrogen) atoms. The second-order valence-corrected chi connectivity index (χ2v) is 6.88. The Kier molecular flexibility index (Phi) is 5.28. The van der Waals surface area contributed by atoms with E-state index in [4.69, 9.17) is 32.7 Å². The van der Waals surface area contributed by atoms with Crippen molar-refractivity contribution in [1.82, 2.24) is 5.32 Å². The molecule has 1 atom stereocenters. The Labute approximate surface area is 140 Å². The van der Waals surface area contributed by atoms with Gasteiger partial charge in [-0.2, -0.15) is 0 Å². The van der Waals surface area contributed by atoms with Crippen molar-refractivity contribution in [3.8, 4) is 0 Å². The van der Waals surface area contributed by atoms with E-state index < -0.39 is 6.10 Å². The Balaban J connectivity index is 1.48. The quantitative estimate of drug-likeness (QED) is 0.878. The number of benzene rings is 1. The van der Waals surface area contributed by atoms with Crippen molar-refractivity contribution in [3.63, 3.8) is 0 Å². The molecule has 1 aromatic rings. The fourth-order valence-electron chi connectivity index (χ4n) is 3.21. The maximum atomic E-state index is 10.3. The Bertz CT molecular complexity index is 490. The summed E-state index contributed by atoms with van der Waals surface area (Å²) in [6.07, 6.45) is 3.17. The fourth-order valence-corrected chi connectivity index (χ4v) is 3.75. The van der Waals surface area contributed by atoms with Crippen LogP contribution in [0.25, 0.3) is 0 Å². The molecule has 4 nitrogen and oxygen atoms in total. The Morgan fingerprint density at radius 1 is 1.14 bits per heavy atom. The molecular formula is C16H21Cl2NO3. The lowest BCUT2D eigenvalue weighted by Crippen LogP contribution is -2.43. The van der Waals surface area contributed by atoms with Gasteiger partial charge in [-0.3, -0.25) is 0 Å². The normalized spacial score (nSPS) is 23.0. The van der Waals surface area contributed by atoms with Gasteiger partial charge in [0.2, 0.25) is 0 Å². The van der Waals surface area contributed by atoms with Gasteiger partial charge >= 0.3 is 0 Å². The molecule has 3 rings (SSSR count). The first kappa shape index (κ1) is 16.5. The SMILES string of the molecule is OC(CNC1CCC2(CC1)OCCO2)c1cc(Cl)cc(Cl)c1. The molecule has 2 N–H and O–H groups in total. The standard InChI is InChI=1S/C16H21Cl2NO3/c17-12-7-11(8-13(18)9-12)15(20)10-19-14-1-3-16(4-2-14)21-5-6-22-16/h7-9,14-15,19-20H,1-6,10H2. The second kappa shape index (κ2) is 7.04. The third-order valence-electron chi connectivity index (χ3n) is 4.43. The molecule has 1 unspecified atom stereocenters. The van der Waals surface area contributed by atoms with Crippen molar-refractivity contribution in [2.75, 3.05) is 19.8 Å². The number of hydrogen-bond donors (Lipinski definition) is 2. The maximum Gasteiger partial charge on any atom is 0.168 e. The first-order valence-electron chi connectivity index (χ1n) is 7.72. The van der Waals surface area contributed by atoms with Crippen molar-refractivity contribution in [3.05, 3.63) is 33.8 Å². The van der Waals surface area contributed by atoms with Crippen LogP contribution >= 0.6 is 23.2 Å². The Morgan fingerprint density at radius 3 is 2.32 bits per heavy atom. The highest BCUT2D eigenvalue weighted by molar-refractivity contribution is 6.34. The van der Waals surface area contributed by atoms with Crippen molar-refractivity contribution >= 4 is 23.2 Å². The molecule has 1 saturated carbocycles. The molecule has 1 heterocycles. The average molecular weight is 346 g/mol. The lowest BCUT2D eigenvalue weighted by Gasteiger charge is -2.36. The van der Waals surface area contributed by atoms with E-state index in [1.165, 1.54) is 0 Å². The van der Waals surface area contributed by atoms with Crippen molar-refractivity contribution in [2.24, 2.45) is 0 Å². The van der Waals surface area contributed by atoms with Gasteiger partial charge in [-0.1, -0.05) is 23.2 Å². The zero-order valence-corrected chi connectivity index (χ0v) is 13.9. The minimum absolute atomic E-state index is 0.336. The third kappa shape index (κ3) is 3.94. The Morgan fingerprint density at radius 2 is 1.73 bits per heavy atom. The molecule has 0 aromatic heterocycles. The molecule has 0 radical (unpaired) electrons. The summed E-state index contributed by atoms with van der Waals surface area (Å²) in [5, 5.41) is 14.8. The summed E-state index contributed by atoms with van der Waals surface area (Å²) in [7, 11) is 0. The van der Waals surface area contributed by atoms with E-state index >= 15 is 0 Å². The lowest BCUT2D eigenvalue weighted by atomic mass is 9.90. The van der Waals surface area contributed by atoms with Gasteiger partial charge in [0.1, 0.15) is 0 Å². The predicted molar refractivity (Wildman–Crippen MR) is 86.3 cm³/mol. The smallest absolute Gasteiger partial charge is 0.168 e. The monoisotopic (exact) mass is 345 g/mol. The number of hydrogen-bond acceptors (Lipinski definition) is 4. The van der Waals surface area contributed by atoms with Crippen LogP contribution in [-0.2, 0) is 9.47 Å². The number of ether oxygens (including phenoxy) is 2. The number of nitrogens with one attached hydrogen (secondary N) is 1. The van der Waals surface area contributed by atoms with E-state index in [0.29, 0.717) is 35.8 Å². The molecule has 1 spiro atoms. The van der Waals surface area contributed by atoms with Gasteiger partial charge < -0.3 is 19.9 Å². The molecule has 1 aliphatic carbocycles. The fraction of sp³-hybridized carbons (Fsp3) is 0.625. The van der Waals surface area contributed by atoms with Gasteiger partial charge in [-0.05, 0) is 36.6 Å². The molecular weight excluding hydrogens is 325 g/mol. The first-order valence-corrected chi connectivity index (χ1v) is 8.47. The van der Waals surface area contributed by atoms with Crippen LogP contribution < -0.4 is 5.32 Å². The molecule has 1 saturated heterocycles. The van der Waals surface area contributed by atoms with E-state index in [2.05, 4.69) is 5.32 Å². The zero-order valence-electron chi connectivity index (χ0n) is 12.4. The van der Waals surface area contributed by atoms with Crippen LogP contribution in [-0.4, -0.2) is 36.7 Å². The molecule has 1 aliphatic heterocycles. The first-order chi connectivity index (χ1) is 10.6. The molecule has 6 heteroatoms. The van der Waals surface area contributed by atoms with Crippen molar-refractivity contribution < 1.29 is 14.6 Å². The van der Waals surface area contributed by atoms with Crippen LogP contribution in [0.1, 0.15) is 37.4 Å². The van der Waals surface area contributed by atoms with E-state index in [9.17, 15) is 5.11 Å². The predicted octanol–water partition coefficient (Wildman–Crippen LogP) is 3.30. The van der Waals surface area contributed by atoms with Crippen LogP contribution in [0.15, 0.2) is 18.2 Å². The second-order valence-electron chi connectivity index (χ2n) is 6.01. The number of aliphatic hydroxyl groups excluding tert-OH is 1. The maximum absolute atomic E-state index is 10.3. The molecule has 0 bridgehead atoms. The number of halogens is 2. The van der Waals surface area contributed by atoms with Crippen LogP contribution in [0.2, 0.25) is 10.0 Å². The van der Waals surface area contributed by atoms with Gasteiger partial charge in [0.25, 0.3) is 0 Å². The molecule has 2 fully saturated rings. The van der Waals surface area contributed by atoms with Crippen LogP contribution in [0, 0.1) is 0 Å². The van der Waals surface area contributed by atoms with Gasteiger partial charge in [0, 0.05) is 35.5 Å². The van der Waals surface area contributed by atoms with Crippen LogP contribution in [0.5, 0.6) is 0 Å². The van der Waals surface area contributed by atoms with E-state index in [1.54, 1.807) is 18.2 Å². The highest BCUT2D eigenvalue weighted by Crippen LogP contribution is 2.35. The highest BCUT2D eigenvalue weighted by Gasteiger charge is 2.40. The number of aliphatic hydroxyl groups is 1. The summed E-state index contributed by atoms with van der Waals surface area (Å²) in [5.41, 5.74) is 0.736. The highest BCUT2D eigenvalue weighted by atomic mass is 35.5. The molecule has 1 aromatic carbocycles. The topological polar surface area (TPSA) is 50.7 Å². The van der Waals surface area contributed by atoms with Crippen LogP contribution in [0.4, 0.5) is 0 Å². The zero-order chi connectivity index (χ0) is 15.6. The van der Waals surface area contributed by atoms with E-state index in [1.807, 2.05) is 0 Å². The Hall–Kier alpha value is -0.360. The van der Waals surface area contributed by atoms with E-state index in [-0.39, 0.29) is 5.79 Å². The van der Waals surface area contributed by atoms with Crippen molar-refractivity contribution in [1.29, 1.82) is 0 Å². The van der Waals surface area contributed by atoms with Gasteiger partial charge in [-0.15, -0.1) is 0 Å². The van der Waals surface area contributed by atoms with Gasteiger partial charge in [0.15, 0.2) is 5.79 Å².